The van der Waals surface area contributed by atoms with Gasteiger partial charge in [0, 0.05) is 17.1 Å². The third-order valence-electron chi connectivity index (χ3n) is 3.34. The van der Waals surface area contributed by atoms with Crippen molar-refractivity contribution in [1.29, 1.82) is 0 Å². The van der Waals surface area contributed by atoms with E-state index in [1.807, 2.05) is 61.7 Å². The van der Waals surface area contributed by atoms with Crippen molar-refractivity contribution < 1.29 is 9.59 Å². The summed E-state index contributed by atoms with van der Waals surface area (Å²) in [5.74, 6) is -0.265. The highest BCUT2D eigenvalue weighted by Gasteiger charge is 2.06. The lowest BCUT2D eigenvalue weighted by Gasteiger charge is -2.09. The van der Waals surface area contributed by atoms with Crippen LogP contribution in [0.2, 0.25) is 0 Å². The molecule has 0 aliphatic carbocycles. The summed E-state index contributed by atoms with van der Waals surface area (Å²) in [5, 5.41) is 8.03. The van der Waals surface area contributed by atoms with E-state index in [4.69, 9.17) is 0 Å². The van der Waals surface area contributed by atoms with Gasteiger partial charge >= 0.3 is 6.03 Å². The highest BCUT2D eigenvalue weighted by molar-refractivity contribution is 7.98. The fourth-order valence-electron chi connectivity index (χ4n) is 2.02. The van der Waals surface area contributed by atoms with Crippen molar-refractivity contribution in [2.45, 2.75) is 18.4 Å². The topological polar surface area (TPSA) is 70.2 Å². The summed E-state index contributed by atoms with van der Waals surface area (Å²) in [6.45, 7) is 2.35. The highest BCUT2D eigenvalue weighted by atomic mass is 32.2. The summed E-state index contributed by atoms with van der Waals surface area (Å²) >= 11 is 1.60. The number of hydrogen-bond donors (Lipinski definition) is 3. The first-order valence-corrected chi connectivity index (χ1v) is 8.80. The molecule has 0 radical (unpaired) electrons. The smallest absolute Gasteiger partial charge is 0.315 e. The third-order valence-corrected chi connectivity index (χ3v) is 4.06. The second kappa shape index (κ2) is 8.98. The van der Waals surface area contributed by atoms with Gasteiger partial charge < -0.3 is 16.0 Å². The van der Waals surface area contributed by atoms with Gasteiger partial charge in [-0.2, -0.15) is 0 Å². The Kier molecular flexibility index (Phi) is 6.69. The molecule has 0 aliphatic rings. The summed E-state index contributed by atoms with van der Waals surface area (Å²) in [4.78, 5) is 24.7. The van der Waals surface area contributed by atoms with Crippen LogP contribution in [0.25, 0.3) is 0 Å². The zero-order chi connectivity index (χ0) is 17.4. The lowest BCUT2D eigenvalue weighted by molar-refractivity contribution is -0.115. The molecule has 24 heavy (non-hydrogen) atoms. The third kappa shape index (κ3) is 5.96. The molecule has 0 aromatic heterocycles. The molecule has 0 spiro atoms. The largest absolute Gasteiger partial charge is 0.334 e. The van der Waals surface area contributed by atoms with E-state index in [1.54, 1.807) is 11.8 Å². The van der Waals surface area contributed by atoms with Crippen LogP contribution >= 0.6 is 11.8 Å². The SMILES string of the molecule is CSc1cccc(NC(=O)CNC(=O)NCc2ccc(C)cc2)c1. The van der Waals surface area contributed by atoms with Crippen molar-refractivity contribution in [2.24, 2.45) is 0 Å². The van der Waals surface area contributed by atoms with Crippen LogP contribution in [-0.4, -0.2) is 24.7 Å². The summed E-state index contributed by atoms with van der Waals surface area (Å²) in [6, 6.07) is 15.1. The van der Waals surface area contributed by atoms with Gasteiger partial charge in [-0.1, -0.05) is 35.9 Å². The lowest BCUT2D eigenvalue weighted by Crippen LogP contribution is -2.39. The maximum absolute atomic E-state index is 11.9. The minimum Gasteiger partial charge on any atom is -0.334 e. The Labute approximate surface area is 146 Å². The Morgan fingerprint density at radius 1 is 1.04 bits per heavy atom. The molecule has 0 bridgehead atoms. The Morgan fingerprint density at radius 3 is 2.50 bits per heavy atom. The van der Waals surface area contributed by atoms with Crippen molar-refractivity contribution >= 4 is 29.4 Å². The first-order chi connectivity index (χ1) is 11.6. The van der Waals surface area contributed by atoms with Crippen molar-refractivity contribution in [2.75, 3.05) is 18.1 Å². The van der Waals surface area contributed by atoms with E-state index in [-0.39, 0.29) is 18.5 Å². The summed E-state index contributed by atoms with van der Waals surface area (Å²) in [7, 11) is 0. The van der Waals surface area contributed by atoms with Gasteiger partial charge in [0.25, 0.3) is 0 Å². The Balaban J connectivity index is 1.72. The first-order valence-electron chi connectivity index (χ1n) is 7.58. The average Bonchev–Trinajstić information content (AvgIpc) is 2.59. The summed E-state index contributed by atoms with van der Waals surface area (Å²) in [5.41, 5.74) is 2.90. The van der Waals surface area contributed by atoms with E-state index in [2.05, 4.69) is 16.0 Å². The van der Waals surface area contributed by atoms with Crippen molar-refractivity contribution in [3.63, 3.8) is 0 Å². The maximum atomic E-state index is 11.9. The van der Waals surface area contributed by atoms with Crippen LogP contribution in [0.4, 0.5) is 10.5 Å². The first kappa shape index (κ1) is 17.9. The van der Waals surface area contributed by atoms with Gasteiger partial charge in [-0.25, -0.2) is 4.79 Å². The standard InChI is InChI=1S/C18H21N3O2S/c1-13-6-8-14(9-7-13)11-19-18(23)20-12-17(22)21-15-4-3-5-16(10-15)24-2/h3-10H,11-12H2,1-2H3,(H,21,22)(H2,19,20,23). The van der Waals surface area contributed by atoms with Crippen molar-refractivity contribution in [3.8, 4) is 0 Å². The Morgan fingerprint density at radius 2 is 1.79 bits per heavy atom. The van der Waals surface area contributed by atoms with Crippen LogP contribution < -0.4 is 16.0 Å². The van der Waals surface area contributed by atoms with E-state index in [0.29, 0.717) is 12.2 Å². The minimum atomic E-state index is -0.372. The molecule has 126 valence electrons. The van der Waals surface area contributed by atoms with Crippen LogP contribution in [0.15, 0.2) is 53.4 Å². The molecule has 0 heterocycles. The number of hydrogen-bond acceptors (Lipinski definition) is 3. The van der Waals surface area contributed by atoms with Crippen LogP contribution in [0.1, 0.15) is 11.1 Å². The molecule has 5 nitrogen and oxygen atoms in total. The molecular weight excluding hydrogens is 322 g/mol. The number of thioether (sulfide) groups is 1. The molecule has 0 saturated carbocycles. The number of nitrogens with one attached hydrogen (secondary N) is 3. The van der Waals surface area contributed by atoms with Gasteiger partial charge in [-0.3, -0.25) is 4.79 Å². The monoisotopic (exact) mass is 343 g/mol. The molecule has 2 aromatic carbocycles. The normalized spacial score (nSPS) is 10.1. The molecule has 0 unspecified atom stereocenters. The van der Waals surface area contributed by atoms with Gasteiger partial charge in [0.15, 0.2) is 0 Å². The van der Waals surface area contributed by atoms with Gasteiger partial charge in [0.2, 0.25) is 5.91 Å². The number of amides is 3. The molecular formula is C18H21N3O2S. The van der Waals surface area contributed by atoms with Crippen LogP contribution in [-0.2, 0) is 11.3 Å². The quantitative estimate of drug-likeness (QED) is 0.706. The Hall–Kier alpha value is -2.47. The van der Waals surface area contributed by atoms with Gasteiger partial charge in [-0.05, 0) is 36.9 Å². The second-order valence-corrected chi connectivity index (χ2v) is 6.18. The van der Waals surface area contributed by atoms with Crippen molar-refractivity contribution in [1.82, 2.24) is 10.6 Å². The number of benzene rings is 2. The molecule has 3 N–H and O–H groups in total. The van der Waals surface area contributed by atoms with Gasteiger partial charge in [-0.15, -0.1) is 11.8 Å². The van der Waals surface area contributed by atoms with E-state index in [9.17, 15) is 9.59 Å². The highest BCUT2D eigenvalue weighted by Crippen LogP contribution is 2.18. The number of aryl methyl sites for hydroxylation is 1. The van der Waals surface area contributed by atoms with Crippen LogP contribution in [0.5, 0.6) is 0 Å². The van der Waals surface area contributed by atoms with E-state index < -0.39 is 0 Å². The van der Waals surface area contributed by atoms with Gasteiger partial charge in [0.1, 0.15) is 0 Å². The molecule has 0 fully saturated rings. The number of carbonyl (C=O) groups excluding carboxylic acids is 2. The van der Waals surface area contributed by atoms with E-state index in [1.165, 1.54) is 5.56 Å². The second-order valence-electron chi connectivity index (χ2n) is 5.30. The summed E-state index contributed by atoms with van der Waals surface area (Å²) in [6.07, 6.45) is 1.97. The minimum absolute atomic E-state index is 0.0801. The number of rotatable bonds is 6. The zero-order valence-electron chi connectivity index (χ0n) is 13.8. The number of anilines is 1. The molecule has 3 amide bonds. The Bertz CT molecular complexity index is 702. The lowest BCUT2D eigenvalue weighted by atomic mass is 10.1. The van der Waals surface area contributed by atoms with Crippen molar-refractivity contribution in [3.05, 3.63) is 59.7 Å². The number of carbonyl (C=O) groups is 2. The molecule has 6 heteroatoms. The average molecular weight is 343 g/mol. The molecule has 0 saturated heterocycles. The molecule has 2 aromatic rings. The predicted molar refractivity (Wildman–Crippen MR) is 98.3 cm³/mol. The predicted octanol–water partition coefficient (Wildman–Crippen LogP) is 3.15. The molecule has 2 rings (SSSR count). The van der Waals surface area contributed by atoms with E-state index in [0.717, 1.165) is 10.5 Å². The fourth-order valence-corrected chi connectivity index (χ4v) is 2.48. The molecule has 0 atom stereocenters. The molecule has 0 aliphatic heterocycles. The summed E-state index contributed by atoms with van der Waals surface area (Å²) < 4.78 is 0. The van der Waals surface area contributed by atoms with Crippen LogP contribution in [0.3, 0.4) is 0 Å². The zero-order valence-corrected chi connectivity index (χ0v) is 14.6. The van der Waals surface area contributed by atoms with Gasteiger partial charge in [0.05, 0.1) is 6.54 Å². The van der Waals surface area contributed by atoms with Crippen LogP contribution in [0, 0.1) is 6.92 Å². The maximum Gasteiger partial charge on any atom is 0.315 e. The van der Waals surface area contributed by atoms with E-state index >= 15 is 0 Å². The number of urea groups is 1. The fraction of sp³-hybridized carbons (Fsp3) is 0.222.